The van der Waals surface area contributed by atoms with Crippen molar-refractivity contribution in [2.45, 2.75) is 19.6 Å². The molecule has 0 heterocycles. The van der Waals surface area contributed by atoms with Crippen LogP contribution in [-0.4, -0.2) is 5.11 Å². The largest absolute Gasteiger partial charge is 0.488 e. The van der Waals surface area contributed by atoms with Crippen molar-refractivity contribution in [3.63, 3.8) is 0 Å². The Bertz CT molecular complexity index is 615. The molecule has 0 saturated heterocycles. The molecular formula is C15H13Cl2FO2. The highest BCUT2D eigenvalue weighted by molar-refractivity contribution is 6.35. The molecule has 0 spiro atoms. The van der Waals surface area contributed by atoms with Crippen molar-refractivity contribution in [1.29, 1.82) is 0 Å². The van der Waals surface area contributed by atoms with Gasteiger partial charge in [-0.05, 0) is 37.3 Å². The maximum Gasteiger partial charge on any atom is 0.125 e. The van der Waals surface area contributed by atoms with Crippen LogP contribution in [0.25, 0.3) is 0 Å². The maximum absolute atomic E-state index is 13.2. The highest BCUT2D eigenvalue weighted by Gasteiger charge is 2.11. The van der Waals surface area contributed by atoms with Crippen LogP contribution < -0.4 is 4.74 Å². The highest BCUT2D eigenvalue weighted by atomic mass is 35.5. The third-order valence-electron chi connectivity index (χ3n) is 2.82. The van der Waals surface area contributed by atoms with E-state index < -0.39 is 11.9 Å². The van der Waals surface area contributed by atoms with Gasteiger partial charge in [-0.25, -0.2) is 4.39 Å². The predicted molar refractivity (Wildman–Crippen MR) is 77.8 cm³/mol. The Labute approximate surface area is 126 Å². The quantitative estimate of drug-likeness (QED) is 0.881. The van der Waals surface area contributed by atoms with E-state index in [4.69, 9.17) is 27.9 Å². The van der Waals surface area contributed by atoms with E-state index in [1.54, 1.807) is 25.1 Å². The molecule has 0 fully saturated rings. The number of aliphatic hydroxyl groups excluding tert-OH is 1. The fourth-order valence-corrected chi connectivity index (χ4v) is 2.23. The van der Waals surface area contributed by atoms with Crippen molar-refractivity contribution in [3.05, 3.63) is 63.4 Å². The molecule has 1 atom stereocenters. The summed E-state index contributed by atoms with van der Waals surface area (Å²) in [5.74, 6) is 0.00481. The number of aliphatic hydroxyl groups is 1. The molecule has 5 heteroatoms. The van der Waals surface area contributed by atoms with Gasteiger partial charge in [0.15, 0.2) is 0 Å². The SMILES string of the molecule is C[C@H](O)c1cc(F)ccc1OCc1ccc(Cl)cc1Cl. The monoisotopic (exact) mass is 314 g/mol. The Hall–Kier alpha value is -1.29. The van der Waals surface area contributed by atoms with Crippen molar-refractivity contribution in [3.8, 4) is 5.75 Å². The van der Waals surface area contributed by atoms with E-state index in [0.717, 1.165) is 5.56 Å². The molecular weight excluding hydrogens is 302 g/mol. The van der Waals surface area contributed by atoms with Crippen LogP contribution in [0.3, 0.4) is 0 Å². The summed E-state index contributed by atoms with van der Waals surface area (Å²) in [6.07, 6.45) is -0.818. The molecule has 0 aliphatic carbocycles. The van der Waals surface area contributed by atoms with Crippen LogP contribution >= 0.6 is 23.2 Å². The lowest BCUT2D eigenvalue weighted by molar-refractivity contribution is 0.189. The van der Waals surface area contributed by atoms with E-state index in [2.05, 4.69) is 0 Å². The van der Waals surface area contributed by atoms with Crippen LogP contribution in [-0.2, 0) is 6.61 Å². The lowest BCUT2D eigenvalue weighted by Gasteiger charge is -2.14. The number of hydrogen-bond donors (Lipinski definition) is 1. The number of benzene rings is 2. The zero-order valence-electron chi connectivity index (χ0n) is 10.7. The minimum absolute atomic E-state index is 0.210. The summed E-state index contributed by atoms with van der Waals surface area (Å²) in [4.78, 5) is 0. The van der Waals surface area contributed by atoms with Gasteiger partial charge in [0.1, 0.15) is 18.2 Å². The fourth-order valence-electron chi connectivity index (χ4n) is 1.77. The van der Waals surface area contributed by atoms with E-state index in [1.165, 1.54) is 18.2 Å². The Morgan fingerprint density at radius 1 is 1.20 bits per heavy atom. The summed E-state index contributed by atoms with van der Waals surface area (Å²) >= 11 is 11.9. The van der Waals surface area contributed by atoms with Crippen LogP contribution in [0, 0.1) is 5.82 Å². The van der Waals surface area contributed by atoms with Crippen molar-refractivity contribution < 1.29 is 14.2 Å². The first kappa shape index (κ1) is 15.1. The molecule has 0 radical (unpaired) electrons. The molecule has 0 aliphatic heterocycles. The maximum atomic E-state index is 13.2. The molecule has 0 aliphatic rings. The van der Waals surface area contributed by atoms with Crippen LogP contribution in [0.15, 0.2) is 36.4 Å². The molecule has 2 nitrogen and oxygen atoms in total. The first-order chi connectivity index (χ1) is 9.47. The number of rotatable bonds is 4. The lowest BCUT2D eigenvalue weighted by atomic mass is 10.1. The van der Waals surface area contributed by atoms with Gasteiger partial charge < -0.3 is 9.84 Å². The first-order valence-electron chi connectivity index (χ1n) is 6.01. The second kappa shape index (κ2) is 6.44. The topological polar surface area (TPSA) is 29.5 Å². The van der Waals surface area contributed by atoms with Gasteiger partial charge in [-0.1, -0.05) is 29.3 Å². The summed E-state index contributed by atoms with van der Waals surface area (Å²) in [5, 5.41) is 10.7. The second-order valence-electron chi connectivity index (χ2n) is 4.38. The third kappa shape index (κ3) is 3.63. The molecule has 0 bridgehead atoms. The standard InChI is InChI=1S/C15H13Cl2FO2/c1-9(19)13-7-12(18)4-5-15(13)20-8-10-2-3-11(16)6-14(10)17/h2-7,9,19H,8H2,1H3/t9-/m0/s1. The van der Waals surface area contributed by atoms with Crippen LogP contribution in [0.4, 0.5) is 4.39 Å². The number of halogens is 3. The second-order valence-corrected chi connectivity index (χ2v) is 5.23. The van der Waals surface area contributed by atoms with Gasteiger partial charge in [-0.15, -0.1) is 0 Å². The van der Waals surface area contributed by atoms with Gasteiger partial charge in [0.2, 0.25) is 0 Å². The normalized spacial score (nSPS) is 12.2. The minimum atomic E-state index is -0.818. The summed E-state index contributed by atoms with van der Waals surface area (Å²) in [5.41, 5.74) is 1.16. The summed E-state index contributed by atoms with van der Waals surface area (Å²) < 4.78 is 18.8. The van der Waals surface area contributed by atoms with Crippen LogP contribution in [0.2, 0.25) is 10.0 Å². The molecule has 0 amide bonds. The smallest absolute Gasteiger partial charge is 0.125 e. The molecule has 0 saturated carbocycles. The van der Waals surface area contributed by atoms with Crippen molar-refractivity contribution in [1.82, 2.24) is 0 Å². The van der Waals surface area contributed by atoms with E-state index in [0.29, 0.717) is 21.4 Å². The molecule has 0 unspecified atom stereocenters. The van der Waals surface area contributed by atoms with E-state index >= 15 is 0 Å². The molecule has 106 valence electrons. The minimum Gasteiger partial charge on any atom is -0.488 e. The summed E-state index contributed by atoms with van der Waals surface area (Å²) in [6.45, 7) is 1.76. The fraction of sp³-hybridized carbons (Fsp3) is 0.200. The van der Waals surface area contributed by atoms with Crippen molar-refractivity contribution in [2.75, 3.05) is 0 Å². The van der Waals surface area contributed by atoms with E-state index in [1.807, 2.05) is 0 Å². The van der Waals surface area contributed by atoms with Gasteiger partial charge in [-0.2, -0.15) is 0 Å². The Morgan fingerprint density at radius 3 is 2.60 bits per heavy atom. The third-order valence-corrected chi connectivity index (χ3v) is 3.41. The van der Waals surface area contributed by atoms with Gasteiger partial charge in [0.05, 0.1) is 6.10 Å². The zero-order valence-corrected chi connectivity index (χ0v) is 12.2. The molecule has 0 aromatic heterocycles. The molecule has 20 heavy (non-hydrogen) atoms. The molecule has 2 aromatic carbocycles. The molecule has 2 aromatic rings. The Kier molecular flexibility index (Phi) is 4.86. The van der Waals surface area contributed by atoms with Crippen molar-refractivity contribution >= 4 is 23.2 Å². The van der Waals surface area contributed by atoms with E-state index in [9.17, 15) is 9.50 Å². The van der Waals surface area contributed by atoms with Gasteiger partial charge in [0, 0.05) is 21.2 Å². The first-order valence-corrected chi connectivity index (χ1v) is 6.77. The highest BCUT2D eigenvalue weighted by Crippen LogP contribution is 2.28. The molecule has 1 N–H and O–H groups in total. The van der Waals surface area contributed by atoms with Gasteiger partial charge in [0.25, 0.3) is 0 Å². The van der Waals surface area contributed by atoms with Crippen LogP contribution in [0.1, 0.15) is 24.2 Å². The van der Waals surface area contributed by atoms with Gasteiger partial charge >= 0.3 is 0 Å². The summed E-state index contributed by atoms with van der Waals surface area (Å²) in [6, 6.07) is 9.13. The lowest BCUT2D eigenvalue weighted by Crippen LogP contribution is -2.02. The summed E-state index contributed by atoms with van der Waals surface area (Å²) in [7, 11) is 0. The average molecular weight is 315 g/mol. The predicted octanol–water partition coefficient (Wildman–Crippen LogP) is 4.76. The van der Waals surface area contributed by atoms with Gasteiger partial charge in [-0.3, -0.25) is 0 Å². The Balaban J connectivity index is 2.18. The zero-order chi connectivity index (χ0) is 14.7. The average Bonchev–Trinajstić information content (AvgIpc) is 2.38. The number of ether oxygens (including phenoxy) is 1. The Morgan fingerprint density at radius 2 is 1.95 bits per heavy atom. The van der Waals surface area contributed by atoms with Crippen LogP contribution in [0.5, 0.6) is 5.75 Å². The molecule has 2 rings (SSSR count). The van der Waals surface area contributed by atoms with Crippen molar-refractivity contribution in [2.24, 2.45) is 0 Å². The number of hydrogen-bond acceptors (Lipinski definition) is 2. The van der Waals surface area contributed by atoms with E-state index in [-0.39, 0.29) is 6.61 Å².